The molecule has 0 radical (unpaired) electrons. The van der Waals surface area contributed by atoms with Crippen molar-refractivity contribution in [3.8, 4) is 23.0 Å². The molecule has 8 heteroatoms. The Morgan fingerprint density at radius 3 is 1.93 bits per heavy atom. The Hall–Kier alpha value is -5.32. The summed E-state index contributed by atoms with van der Waals surface area (Å²) in [5, 5.41) is 5.36. The Kier molecular flexibility index (Phi) is 6.15. The van der Waals surface area contributed by atoms with Gasteiger partial charge in [0.2, 0.25) is 0 Å². The second-order valence-electron chi connectivity index (χ2n) is 15.1. The van der Waals surface area contributed by atoms with Gasteiger partial charge < -0.3 is 0 Å². The average Bonchev–Trinajstić information content (AvgIpc) is 3.81. The Morgan fingerprint density at radius 1 is 0.464 bits per heavy atom. The van der Waals surface area contributed by atoms with E-state index < -0.39 is 0 Å². The number of rotatable bonds is 1. The zero-order chi connectivity index (χ0) is 36.2. The van der Waals surface area contributed by atoms with Crippen molar-refractivity contribution >= 4 is 143 Å². The number of fused-ring (bicyclic) bond motifs is 16. The molecule has 0 bridgehead atoms. The molecule has 14 rings (SSSR count). The van der Waals surface area contributed by atoms with Crippen molar-refractivity contribution in [3.63, 3.8) is 0 Å². The molecule has 6 heterocycles. The summed E-state index contributed by atoms with van der Waals surface area (Å²) >= 11 is 2.33. The number of hydrogen-bond acceptors (Lipinski definition) is 4. The van der Waals surface area contributed by atoms with Crippen LogP contribution < -0.4 is 47.2 Å². The van der Waals surface area contributed by atoms with Gasteiger partial charge in [-0.3, -0.25) is 0 Å². The van der Waals surface area contributed by atoms with E-state index >= 15 is 0 Å². The summed E-state index contributed by atoms with van der Waals surface area (Å²) in [5.74, 6) is 3.77. The van der Waals surface area contributed by atoms with Crippen LogP contribution >= 0.6 is 11.8 Å². The van der Waals surface area contributed by atoms with E-state index in [-0.39, 0.29) is 42.4 Å². The van der Waals surface area contributed by atoms with Crippen LogP contribution in [0.4, 0.5) is 17.1 Å². The summed E-state index contributed by atoms with van der Waals surface area (Å²) in [4.78, 5) is 5.16. The van der Waals surface area contributed by atoms with Crippen LogP contribution in [0.5, 0.6) is 23.0 Å². The Morgan fingerprint density at radius 2 is 1.11 bits per heavy atom. The number of benzene rings is 8. The van der Waals surface area contributed by atoms with Crippen LogP contribution in [0.1, 0.15) is 0 Å². The van der Waals surface area contributed by atoms with Crippen LogP contribution in [-0.4, -0.2) is 42.4 Å². The molecule has 0 saturated heterocycles. The van der Waals surface area contributed by atoms with Crippen LogP contribution in [-0.2, 0) is 0 Å². The van der Waals surface area contributed by atoms with E-state index in [4.69, 9.17) is 9.47 Å². The van der Waals surface area contributed by atoms with Crippen LogP contribution in [0.25, 0.3) is 38.6 Å². The molecule has 10 aromatic rings. The Balaban J connectivity index is 1.07. The standard InChI is InChI=1S/C48H25B2NO2SSe2/c1-2-12-26(13-3-1)51-33-18-8-6-16-29(33)49-32-22-31-35(24-36(32)53-47-43-27-14-4-10-20-39(27)55-41(43)23-34(51)45(47)49)52-37-25-42-44(28-15-5-11-21-40(28)56-42)48-46(37)50(31)30-17-7-9-19-38(30)54-48/h1-25H. The fourth-order valence-corrected chi connectivity index (χ4v) is 16.2. The van der Waals surface area contributed by atoms with Gasteiger partial charge in [0.15, 0.2) is 0 Å². The van der Waals surface area contributed by atoms with Crippen molar-refractivity contribution in [2.45, 2.75) is 9.79 Å². The Bertz CT molecular complexity index is 3400. The van der Waals surface area contributed by atoms with Crippen molar-refractivity contribution < 1.29 is 9.47 Å². The summed E-state index contributed by atoms with van der Waals surface area (Å²) in [6, 6.07) is 56.3. The van der Waals surface area contributed by atoms with E-state index in [1.165, 1.54) is 92.5 Å². The van der Waals surface area contributed by atoms with Crippen LogP contribution in [0.2, 0.25) is 0 Å². The first-order valence-electron chi connectivity index (χ1n) is 19.0. The van der Waals surface area contributed by atoms with E-state index in [1.54, 1.807) is 0 Å². The fourth-order valence-electron chi connectivity index (χ4n) is 9.98. The molecule has 4 aliphatic heterocycles. The second-order valence-corrected chi connectivity index (χ2v) is 20.7. The molecule has 0 fully saturated rings. The first-order valence-corrected chi connectivity index (χ1v) is 23.2. The van der Waals surface area contributed by atoms with Crippen molar-refractivity contribution in [3.05, 3.63) is 152 Å². The Labute approximate surface area is 339 Å². The molecule has 56 heavy (non-hydrogen) atoms. The minimum atomic E-state index is -0.0144. The van der Waals surface area contributed by atoms with E-state index in [1.807, 2.05) is 11.8 Å². The average molecular weight is 859 g/mol. The third-order valence-electron chi connectivity index (χ3n) is 12.2. The van der Waals surface area contributed by atoms with Gasteiger partial charge in [0.05, 0.1) is 0 Å². The predicted molar refractivity (Wildman–Crippen MR) is 238 cm³/mol. The van der Waals surface area contributed by atoms with Gasteiger partial charge in [0.1, 0.15) is 0 Å². The van der Waals surface area contributed by atoms with Gasteiger partial charge in [-0.25, -0.2) is 0 Å². The number of nitrogens with zero attached hydrogens (tertiary/aromatic N) is 1. The summed E-state index contributed by atoms with van der Waals surface area (Å²) in [5.41, 5.74) is 11.2. The summed E-state index contributed by atoms with van der Waals surface area (Å²) < 4.78 is 20.2. The molecule has 0 atom stereocenters. The van der Waals surface area contributed by atoms with Gasteiger partial charge in [-0.2, -0.15) is 0 Å². The fraction of sp³-hybridized carbons (Fsp3) is 0. The molecule has 2 aromatic heterocycles. The zero-order valence-corrected chi connectivity index (χ0v) is 33.8. The topological polar surface area (TPSA) is 21.7 Å². The number of ether oxygens (including phenoxy) is 2. The molecule has 0 aliphatic carbocycles. The number of hydrogen-bond donors (Lipinski definition) is 0. The first kappa shape index (κ1) is 30.8. The van der Waals surface area contributed by atoms with Crippen molar-refractivity contribution in [2.24, 2.45) is 0 Å². The van der Waals surface area contributed by atoms with Crippen LogP contribution in [0.15, 0.2) is 161 Å². The maximum atomic E-state index is 7.37. The summed E-state index contributed by atoms with van der Waals surface area (Å²) in [7, 11) is 0. The maximum absolute atomic E-state index is 7.37. The van der Waals surface area contributed by atoms with Gasteiger partial charge in [0.25, 0.3) is 0 Å². The molecular formula is C48H25B2NO2SSe2. The van der Waals surface area contributed by atoms with E-state index in [9.17, 15) is 0 Å². The second kappa shape index (κ2) is 11.2. The minimum absolute atomic E-state index is 0.0144. The number of anilines is 3. The van der Waals surface area contributed by atoms with Crippen molar-refractivity contribution in [2.75, 3.05) is 4.90 Å². The molecule has 4 aliphatic rings. The molecule has 3 nitrogen and oxygen atoms in total. The molecule has 0 saturated carbocycles. The van der Waals surface area contributed by atoms with Crippen molar-refractivity contribution in [1.82, 2.24) is 0 Å². The van der Waals surface area contributed by atoms with E-state index in [2.05, 4.69) is 157 Å². The van der Waals surface area contributed by atoms with E-state index in [0.29, 0.717) is 0 Å². The predicted octanol–water partition coefficient (Wildman–Crippen LogP) is 7.91. The van der Waals surface area contributed by atoms with Crippen LogP contribution in [0.3, 0.4) is 0 Å². The van der Waals surface area contributed by atoms with Gasteiger partial charge in [-0.05, 0) is 0 Å². The summed E-state index contributed by atoms with van der Waals surface area (Å²) in [6.07, 6.45) is 0. The SMILES string of the molecule is c1ccc(N2c3ccccc3B3c4cc5c(cc4Oc4c3c2cc2[se]c3ccccc3c42)Oc2cc3[se]c4ccccc4c3c3c2B5c2ccccc2S3)cc1. The number of para-hydroxylation sites is 2. The normalized spacial score (nSPS) is 14.2. The third kappa shape index (κ3) is 3.98. The monoisotopic (exact) mass is 861 g/mol. The van der Waals surface area contributed by atoms with Gasteiger partial charge in [0, 0.05) is 0 Å². The first-order chi connectivity index (χ1) is 27.8. The zero-order valence-electron chi connectivity index (χ0n) is 29.6. The molecule has 0 N–H and O–H groups in total. The van der Waals surface area contributed by atoms with Crippen LogP contribution in [0, 0.1) is 0 Å². The summed E-state index contributed by atoms with van der Waals surface area (Å²) in [6.45, 7) is 0.0339. The molecule has 8 aromatic carbocycles. The quantitative estimate of drug-likeness (QED) is 0.157. The third-order valence-corrected chi connectivity index (χ3v) is 18.1. The van der Waals surface area contributed by atoms with Gasteiger partial charge in [-0.15, -0.1) is 0 Å². The molecule has 0 spiro atoms. The molecular weight excluding hydrogens is 834 g/mol. The molecule has 0 amide bonds. The molecule has 0 unspecified atom stereocenters. The van der Waals surface area contributed by atoms with Gasteiger partial charge >= 0.3 is 341 Å². The van der Waals surface area contributed by atoms with Crippen molar-refractivity contribution in [1.29, 1.82) is 0 Å². The molecule has 258 valence electrons. The van der Waals surface area contributed by atoms with E-state index in [0.717, 1.165) is 28.7 Å². The van der Waals surface area contributed by atoms with Gasteiger partial charge in [-0.1, -0.05) is 0 Å².